The van der Waals surface area contributed by atoms with Crippen LogP contribution in [-0.4, -0.2) is 5.11 Å². The molecule has 21 heavy (non-hydrogen) atoms. The van der Waals surface area contributed by atoms with E-state index in [2.05, 4.69) is 32.9 Å². The van der Waals surface area contributed by atoms with Crippen LogP contribution < -0.4 is 4.74 Å². The van der Waals surface area contributed by atoms with E-state index in [0.717, 1.165) is 22.4 Å². The van der Waals surface area contributed by atoms with Crippen LogP contribution in [0.25, 0.3) is 0 Å². The number of hydrogen-bond donors (Lipinski definition) is 1. The molecule has 2 aromatic carbocycles. The van der Waals surface area contributed by atoms with Crippen molar-refractivity contribution in [3.63, 3.8) is 0 Å². The van der Waals surface area contributed by atoms with E-state index in [1.54, 1.807) is 0 Å². The van der Waals surface area contributed by atoms with E-state index in [-0.39, 0.29) is 6.61 Å². The second kappa shape index (κ2) is 6.31. The number of hydrogen-bond acceptors (Lipinski definition) is 2. The van der Waals surface area contributed by atoms with E-state index in [1.165, 1.54) is 22.3 Å². The first kappa shape index (κ1) is 15.6. The molecule has 0 saturated heterocycles. The Labute approximate surface area is 127 Å². The molecule has 0 amide bonds. The van der Waals surface area contributed by atoms with Crippen LogP contribution in [0.5, 0.6) is 5.75 Å². The van der Waals surface area contributed by atoms with Crippen LogP contribution in [0, 0.1) is 34.6 Å². The fourth-order valence-corrected chi connectivity index (χ4v) is 2.94. The highest BCUT2D eigenvalue weighted by atomic mass is 16.5. The van der Waals surface area contributed by atoms with E-state index in [1.807, 2.05) is 26.0 Å². The first-order valence-electron chi connectivity index (χ1n) is 7.33. The van der Waals surface area contributed by atoms with Gasteiger partial charge in [-0.2, -0.15) is 0 Å². The Kier molecular flexibility index (Phi) is 4.69. The van der Waals surface area contributed by atoms with Gasteiger partial charge in [-0.15, -0.1) is 0 Å². The van der Waals surface area contributed by atoms with Crippen LogP contribution in [0.1, 0.15) is 38.9 Å². The van der Waals surface area contributed by atoms with Crippen molar-refractivity contribution in [1.82, 2.24) is 0 Å². The minimum atomic E-state index is 0.0676. The van der Waals surface area contributed by atoms with Crippen molar-refractivity contribution in [3.05, 3.63) is 63.2 Å². The predicted molar refractivity (Wildman–Crippen MR) is 86.8 cm³/mol. The summed E-state index contributed by atoms with van der Waals surface area (Å²) in [4.78, 5) is 0. The first-order valence-corrected chi connectivity index (χ1v) is 7.33. The molecule has 0 bridgehead atoms. The molecule has 0 heterocycles. The third kappa shape index (κ3) is 3.45. The SMILES string of the molecule is Cc1cc(C)c(COc2c(C)cc(CO)cc2C)c(C)c1. The molecule has 0 atom stereocenters. The molecule has 1 N–H and O–H groups in total. The van der Waals surface area contributed by atoms with E-state index >= 15 is 0 Å². The zero-order valence-corrected chi connectivity index (χ0v) is 13.6. The maximum Gasteiger partial charge on any atom is 0.125 e. The lowest BCUT2D eigenvalue weighted by molar-refractivity contribution is 0.280. The van der Waals surface area contributed by atoms with Crippen LogP contribution in [-0.2, 0) is 13.2 Å². The lowest BCUT2D eigenvalue weighted by atomic mass is 10.0. The molecule has 2 nitrogen and oxygen atoms in total. The summed E-state index contributed by atoms with van der Waals surface area (Å²) in [6.07, 6.45) is 0. The molecule has 0 radical (unpaired) electrons. The van der Waals surface area contributed by atoms with Gasteiger partial charge in [0.1, 0.15) is 12.4 Å². The van der Waals surface area contributed by atoms with Gasteiger partial charge in [0.25, 0.3) is 0 Å². The number of rotatable bonds is 4. The van der Waals surface area contributed by atoms with Gasteiger partial charge >= 0.3 is 0 Å². The van der Waals surface area contributed by atoms with Crippen LogP contribution >= 0.6 is 0 Å². The normalized spacial score (nSPS) is 10.8. The monoisotopic (exact) mass is 284 g/mol. The van der Waals surface area contributed by atoms with E-state index in [4.69, 9.17) is 4.74 Å². The molecule has 0 aliphatic heterocycles. The van der Waals surface area contributed by atoms with Crippen LogP contribution in [0.2, 0.25) is 0 Å². The summed E-state index contributed by atoms with van der Waals surface area (Å²) in [5, 5.41) is 9.24. The zero-order chi connectivity index (χ0) is 15.6. The third-order valence-electron chi connectivity index (χ3n) is 3.90. The highest BCUT2D eigenvalue weighted by Crippen LogP contribution is 2.27. The van der Waals surface area contributed by atoms with Crippen molar-refractivity contribution in [2.24, 2.45) is 0 Å². The summed E-state index contributed by atoms with van der Waals surface area (Å²) in [5.41, 5.74) is 8.16. The van der Waals surface area contributed by atoms with Crippen molar-refractivity contribution in [1.29, 1.82) is 0 Å². The van der Waals surface area contributed by atoms with Gasteiger partial charge in [-0.05, 0) is 68.0 Å². The Hall–Kier alpha value is -1.80. The van der Waals surface area contributed by atoms with Gasteiger partial charge < -0.3 is 9.84 Å². The summed E-state index contributed by atoms with van der Waals surface area (Å²) >= 11 is 0. The van der Waals surface area contributed by atoms with Gasteiger partial charge in [-0.25, -0.2) is 0 Å². The van der Waals surface area contributed by atoms with Crippen molar-refractivity contribution in [2.45, 2.75) is 47.8 Å². The molecule has 112 valence electrons. The van der Waals surface area contributed by atoms with Crippen molar-refractivity contribution < 1.29 is 9.84 Å². The predicted octanol–water partition coefficient (Wildman–Crippen LogP) is 4.30. The smallest absolute Gasteiger partial charge is 0.125 e. The topological polar surface area (TPSA) is 29.5 Å². The lowest BCUT2D eigenvalue weighted by Crippen LogP contribution is -2.04. The lowest BCUT2D eigenvalue weighted by Gasteiger charge is -2.16. The van der Waals surface area contributed by atoms with Gasteiger partial charge in [0, 0.05) is 0 Å². The fraction of sp³-hybridized carbons (Fsp3) is 0.368. The van der Waals surface area contributed by atoms with Gasteiger partial charge in [-0.3, -0.25) is 0 Å². The van der Waals surface area contributed by atoms with E-state index in [9.17, 15) is 5.11 Å². The molecular weight excluding hydrogens is 260 g/mol. The maximum atomic E-state index is 9.24. The second-order valence-corrected chi connectivity index (χ2v) is 5.88. The van der Waals surface area contributed by atoms with Crippen LogP contribution in [0.3, 0.4) is 0 Å². The number of aliphatic hydroxyl groups excluding tert-OH is 1. The Morgan fingerprint density at radius 3 is 1.81 bits per heavy atom. The van der Waals surface area contributed by atoms with E-state index in [0.29, 0.717) is 6.61 Å². The third-order valence-corrected chi connectivity index (χ3v) is 3.90. The Bertz CT molecular complexity index is 611. The summed E-state index contributed by atoms with van der Waals surface area (Å²) in [7, 11) is 0. The van der Waals surface area contributed by atoms with Crippen molar-refractivity contribution in [3.8, 4) is 5.75 Å². The Morgan fingerprint density at radius 1 is 0.810 bits per heavy atom. The molecule has 0 saturated carbocycles. The molecule has 2 heteroatoms. The number of aliphatic hydroxyl groups is 1. The molecule has 2 aromatic rings. The van der Waals surface area contributed by atoms with Gasteiger partial charge in [0.15, 0.2) is 0 Å². The van der Waals surface area contributed by atoms with Gasteiger partial charge in [0.2, 0.25) is 0 Å². The number of aryl methyl sites for hydroxylation is 5. The average molecular weight is 284 g/mol. The van der Waals surface area contributed by atoms with Crippen LogP contribution in [0.4, 0.5) is 0 Å². The summed E-state index contributed by atoms with van der Waals surface area (Å²) in [6, 6.07) is 8.36. The molecule has 0 fully saturated rings. The minimum absolute atomic E-state index is 0.0676. The van der Waals surface area contributed by atoms with E-state index < -0.39 is 0 Å². The zero-order valence-electron chi connectivity index (χ0n) is 13.6. The summed E-state index contributed by atoms with van der Waals surface area (Å²) in [6.45, 7) is 11.1. The Balaban J connectivity index is 2.25. The van der Waals surface area contributed by atoms with Gasteiger partial charge in [-0.1, -0.05) is 29.8 Å². The molecule has 0 unspecified atom stereocenters. The fourth-order valence-electron chi connectivity index (χ4n) is 2.94. The summed E-state index contributed by atoms with van der Waals surface area (Å²) < 4.78 is 6.07. The highest BCUT2D eigenvalue weighted by Gasteiger charge is 2.09. The average Bonchev–Trinajstić information content (AvgIpc) is 2.39. The molecule has 0 spiro atoms. The highest BCUT2D eigenvalue weighted by molar-refractivity contribution is 5.44. The standard InChI is InChI=1S/C19H24O2/c1-12-6-13(2)18(14(3)7-12)11-21-19-15(4)8-17(10-20)9-16(19)5/h6-9,20H,10-11H2,1-5H3. The number of ether oxygens (including phenoxy) is 1. The Morgan fingerprint density at radius 2 is 1.33 bits per heavy atom. The largest absolute Gasteiger partial charge is 0.488 e. The molecule has 0 aliphatic carbocycles. The van der Waals surface area contributed by atoms with Crippen molar-refractivity contribution in [2.75, 3.05) is 0 Å². The van der Waals surface area contributed by atoms with Crippen LogP contribution in [0.15, 0.2) is 24.3 Å². The molecule has 0 aliphatic rings. The maximum absolute atomic E-state index is 9.24. The number of benzene rings is 2. The van der Waals surface area contributed by atoms with Gasteiger partial charge in [0.05, 0.1) is 6.61 Å². The minimum Gasteiger partial charge on any atom is -0.488 e. The van der Waals surface area contributed by atoms with Crippen molar-refractivity contribution >= 4 is 0 Å². The first-order chi connectivity index (χ1) is 9.92. The molecule has 2 rings (SSSR count). The molecule has 0 aromatic heterocycles. The second-order valence-electron chi connectivity index (χ2n) is 5.88. The quantitative estimate of drug-likeness (QED) is 0.907. The summed E-state index contributed by atoms with van der Waals surface area (Å²) in [5.74, 6) is 0.923. The molecular formula is C19H24O2.